The zero-order valence-electron chi connectivity index (χ0n) is 15.6. The molecule has 0 radical (unpaired) electrons. The molecule has 1 atom stereocenters. The second kappa shape index (κ2) is 6.60. The van der Waals surface area contributed by atoms with Gasteiger partial charge in [0.15, 0.2) is 0 Å². The van der Waals surface area contributed by atoms with Crippen molar-refractivity contribution in [3.05, 3.63) is 95.4 Å². The van der Waals surface area contributed by atoms with Crippen molar-refractivity contribution in [2.24, 2.45) is 7.05 Å². The minimum atomic E-state index is -0.0332. The SMILES string of the molecule is Cn1cc(C2CN(C(=O)c3ccc4ccccc4n3)Cc3ccccc32)cn1. The number of aromatic nitrogens is 3. The van der Waals surface area contributed by atoms with E-state index in [2.05, 4.69) is 28.3 Å². The summed E-state index contributed by atoms with van der Waals surface area (Å²) in [7, 11) is 1.92. The number of benzene rings is 2. The molecule has 0 saturated heterocycles. The molecule has 4 aromatic rings. The molecule has 2 aromatic carbocycles. The van der Waals surface area contributed by atoms with Crippen LogP contribution in [-0.2, 0) is 13.6 Å². The molecule has 1 aliphatic heterocycles. The predicted octanol–water partition coefficient (Wildman–Crippen LogP) is 3.76. The first-order chi connectivity index (χ1) is 13.7. The number of fused-ring (bicyclic) bond motifs is 2. The first kappa shape index (κ1) is 16.7. The molecule has 138 valence electrons. The highest BCUT2D eigenvalue weighted by molar-refractivity contribution is 5.95. The molecular weight excluding hydrogens is 348 g/mol. The second-order valence-corrected chi connectivity index (χ2v) is 7.27. The van der Waals surface area contributed by atoms with Crippen molar-refractivity contribution in [3.8, 4) is 0 Å². The normalized spacial score (nSPS) is 16.2. The van der Waals surface area contributed by atoms with E-state index in [0.717, 1.165) is 16.5 Å². The molecule has 3 heterocycles. The highest BCUT2D eigenvalue weighted by Gasteiger charge is 2.30. The van der Waals surface area contributed by atoms with Gasteiger partial charge in [0.25, 0.3) is 5.91 Å². The molecule has 1 amide bonds. The van der Waals surface area contributed by atoms with Gasteiger partial charge in [-0.2, -0.15) is 5.10 Å². The van der Waals surface area contributed by atoms with E-state index in [0.29, 0.717) is 18.8 Å². The average Bonchev–Trinajstić information content (AvgIpc) is 3.18. The van der Waals surface area contributed by atoms with Crippen molar-refractivity contribution >= 4 is 16.8 Å². The van der Waals surface area contributed by atoms with Gasteiger partial charge in [0.05, 0.1) is 11.7 Å². The number of amides is 1. The molecule has 5 heteroatoms. The summed E-state index contributed by atoms with van der Waals surface area (Å²) in [4.78, 5) is 19.8. The van der Waals surface area contributed by atoms with Crippen LogP contribution < -0.4 is 0 Å². The van der Waals surface area contributed by atoms with Gasteiger partial charge in [-0.3, -0.25) is 9.48 Å². The number of carbonyl (C=O) groups excluding carboxylic acids is 1. The first-order valence-corrected chi connectivity index (χ1v) is 9.40. The van der Waals surface area contributed by atoms with Gasteiger partial charge in [-0.25, -0.2) is 4.98 Å². The van der Waals surface area contributed by atoms with Crippen LogP contribution in [0.5, 0.6) is 0 Å². The van der Waals surface area contributed by atoms with Crippen molar-refractivity contribution in [2.75, 3.05) is 6.54 Å². The molecule has 0 fully saturated rings. The van der Waals surface area contributed by atoms with Crippen LogP contribution in [0.25, 0.3) is 10.9 Å². The Labute approximate surface area is 163 Å². The molecule has 0 bridgehead atoms. The van der Waals surface area contributed by atoms with Crippen molar-refractivity contribution in [2.45, 2.75) is 12.5 Å². The number of rotatable bonds is 2. The Balaban J connectivity index is 1.52. The number of hydrogen-bond acceptors (Lipinski definition) is 3. The van der Waals surface area contributed by atoms with Gasteiger partial charge >= 0.3 is 0 Å². The molecular formula is C23H20N4O. The Bertz CT molecular complexity index is 1180. The topological polar surface area (TPSA) is 51.0 Å². The Morgan fingerprint density at radius 2 is 1.86 bits per heavy atom. The summed E-state index contributed by atoms with van der Waals surface area (Å²) >= 11 is 0. The zero-order chi connectivity index (χ0) is 19.1. The Kier molecular flexibility index (Phi) is 3.93. The Hall–Kier alpha value is -3.47. The van der Waals surface area contributed by atoms with Gasteiger partial charge in [0.2, 0.25) is 0 Å². The summed E-state index contributed by atoms with van der Waals surface area (Å²) in [6.45, 7) is 1.22. The molecule has 0 saturated carbocycles. The Morgan fingerprint density at radius 1 is 1.04 bits per heavy atom. The Morgan fingerprint density at radius 3 is 2.71 bits per heavy atom. The van der Waals surface area contributed by atoms with Gasteiger partial charge in [-0.1, -0.05) is 48.5 Å². The third-order valence-corrected chi connectivity index (χ3v) is 5.43. The van der Waals surface area contributed by atoms with Crippen LogP contribution in [0.1, 0.15) is 33.1 Å². The van der Waals surface area contributed by atoms with Crippen molar-refractivity contribution in [1.82, 2.24) is 19.7 Å². The number of para-hydroxylation sites is 1. The highest BCUT2D eigenvalue weighted by atomic mass is 16.2. The van der Waals surface area contributed by atoms with Crippen molar-refractivity contribution in [3.63, 3.8) is 0 Å². The fraction of sp³-hybridized carbons (Fsp3) is 0.174. The van der Waals surface area contributed by atoms with Crippen LogP contribution in [0.3, 0.4) is 0 Å². The predicted molar refractivity (Wildman–Crippen MR) is 108 cm³/mol. The summed E-state index contributed by atoms with van der Waals surface area (Å²) in [5.74, 6) is 0.0807. The van der Waals surface area contributed by atoms with Crippen molar-refractivity contribution < 1.29 is 4.79 Å². The minimum Gasteiger partial charge on any atom is -0.332 e. The van der Waals surface area contributed by atoms with Gasteiger partial charge in [0, 0.05) is 37.6 Å². The monoisotopic (exact) mass is 368 g/mol. The van der Waals surface area contributed by atoms with Crippen LogP contribution >= 0.6 is 0 Å². The van der Waals surface area contributed by atoms with Gasteiger partial charge in [-0.05, 0) is 28.8 Å². The molecule has 2 aromatic heterocycles. The lowest BCUT2D eigenvalue weighted by molar-refractivity contribution is 0.0719. The molecule has 28 heavy (non-hydrogen) atoms. The molecule has 5 rings (SSSR count). The summed E-state index contributed by atoms with van der Waals surface area (Å²) < 4.78 is 1.81. The smallest absolute Gasteiger partial charge is 0.272 e. The van der Waals surface area contributed by atoms with Gasteiger partial charge in [0.1, 0.15) is 5.69 Å². The van der Waals surface area contributed by atoms with Crippen molar-refractivity contribution in [1.29, 1.82) is 0 Å². The highest BCUT2D eigenvalue weighted by Crippen LogP contribution is 2.33. The number of pyridine rings is 1. The van der Waals surface area contributed by atoms with Crippen LogP contribution in [0, 0.1) is 0 Å². The number of carbonyl (C=O) groups is 1. The lowest BCUT2D eigenvalue weighted by Gasteiger charge is -2.34. The van der Waals surface area contributed by atoms with Crippen LogP contribution in [0.4, 0.5) is 0 Å². The summed E-state index contributed by atoms with van der Waals surface area (Å²) in [6, 6.07) is 20.0. The van der Waals surface area contributed by atoms with Crippen LogP contribution in [0.15, 0.2) is 73.1 Å². The van der Waals surface area contributed by atoms with Gasteiger partial charge in [-0.15, -0.1) is 0 Å². The third-order valence-electron chi connectivity index (χ3n) is 5.43. The van der Waals surface area contributed by atoms with E-state index < -0.39 is 0 Å². The quantitative estimate of drug-likeness (QED) is 0.541. The summed E-state index contributed by atoms with van der Waals surface area (Å²) in [5, 5.41) is 5.37. The molecule has 1 aliphatic rings. The largest absolute Gasteiger partial charge is 0.332 e. The van der Waals surface area contributed by atoms with Gasteiger partial charge < -0.3 is 4.90 Å². The second-order valence-electron chi connectivity index (χ2n) is 7.27. The van der Waals surface area contributed by atoms with Crippen LogP contribution in [-0.4, -0.2) is 32.1 Å². The maximum atomic E-state index is 13.3. The van der Waals surface area contributed by atoms with E-state index >= 15 is 0 Å². The van der Waals surface area contributed by atoms with Crippen LogP contribution in [0.2, 0.25) is 0 Å². The minimum absolute atomic E-state index is 0.0332. The summed E-state index contributed by atoms with van der Waals surface area (Å²) in [5.41, 5.74) is 4.90. The zero-order valence-corrected chi connectivity index (χ0v) is 15.6. The van der Waals surface area contributed by atoms with E-state index in [-0.39, 0.29) is 11.8 Å². The molecule has 0 aliphatic carbocycles. The van der Waals surface area contributed by atoms with E-state index in [4.69, 9.17) is 0 Å². The van der Waals surface area contributed by atoms with E-state index in [1.54, 1.807) is 0 Å². The fourth-order valence-corrected chi connectivity index (χ4v) is 4.01. The lowest BCUT2D eigenvalue weighted by Crippen LogP contribution is -2.38. The fourth-order valence-electron chi connectivity index (χ4n) is 4.01. The lowest BCUT2D eigenvalue weighted by atomic mass is 9.86. The molecule has 5 nitrogen and oxygen atoms in total. The van der Waals surface area contributed by atoms with E-state index in [1.165, 1.54) is 11.1 Å². The standard InChI is InChI=1S/C23H20N4O/c1-26-13-18(12-24-26)20-15-27(14-17-7-2-4-8-19(17)20)23(28)22-11-10-16-6-3-5-9-21(16)25-22/h2-13,20H,14-15H2,1H3. The maximum absolute atomic E-state index is 13.3. The molecule has 0 N–H and O–H groups in total. The number of nitrogens with zero attached hydrogens (tertiary/aromatic N) is 4. The number of aryl methyl sites for hydroxylation is 1. The first-order valence-electron chi connectivity index (χ1n) is 9.40. The summed E-state index contributed by atoms with van der Waals surface area (Å²) in [6.07, 6.45) is 3.92. The number of hydrogen-bond donors (Lipinski definition) is 0. The maximum Gasteiger partial charge on any atom is 0.272 e. The molecule has 1 unspecified atom stereocenters. The third kappa shape index (κ3) is 2.85. The van der Waals surface area contributed by atoms with E-state index in [1.807, 2.05) is 71.5 Å². The average molecular weight is 368 g/mol. The van der Waals surface area contributed by atoms with E-state index in [9.17, 15) is 4.79 Å². The molecule has 0 spiro atoms.